The maximum absolute atomic E-state index is 13.8. The lowest BCUT2D eigenvalue weighted by atomic mass is 9.91. The van der Waals surface area contributed by atoms with E-state index in [0.717, 1.165) is 7.11 Å². The van der Waals surface area contributed by atoms with Gasteiger partial charge in [-0.2, -0.15) is 13.2 Å². The molecule has 0 bridgehead atoms. The van der Waals surface area contributed by atoms with Crippen LogP contribution in [-0.4, -0.2) is 30.9 Å². The predicted octanol–water partition coefficient (Wildman–Crippen LogP) is 2.94. The number of amides is 1. The van der Waals surface area contributed by atoms with Gasteiger partial charge in [0.25, 0.3) is 11.5 Å². The molecule has 0 radical (unpaired) electrons. The highest BCUT2D eigenvalue weighted by atomic mass is 19.4. The molecule has 1 amide bonds. The van der Waals surface area contributed by atoms with Crippen LogP contribution in [0.2, 0.25) is 0 Å². The highest BCUT2D eigenvalue weighted by molar-refractivity contribution is 5.88. The number of carbonyl (C=O) groups is 1. The number of alkyl halides is 3. The number of hydrogen-bond donors (Lipinski definition) is 2. The summed E-state index contributed by atoms with van der Waals surface area (Å²) in [5.74, 6) is -1.39. The average Bonchev–Trinajstić information content (AvgIpc) is 2.61. The van der Waals surface area contributed by atoms with E-state index in [-0.39, 0.29) is 5.56 Å². The standard InChI is InChI=1S/C18H18F3NO3/c1-25-17(18(19,20)21,14-10-6-3-7-11-14)16(24)22-15(12-23)13-8-4-2-5-9-13/h2-11,15,23H,12H2,1H3,(H,22,24). The number of aliphatic hydroxyl groups excluding tert-OH is 1. The van der Waals surface area contributed by atoms with E-state index in [9.17, 15) is 23.1 Å². The minimum Gasteiger partial charge on any atom is -0.394 e. The van der Waals surface area contributed by atoms with Gasteiger partial charge in [-0.15, -0.1) is 0 Å². The molecule has 2 unspecified atom stereocenters. The number of nitrogens with one attached hydrogen (secondary N) is 1. The van der Waals surface area contributed by atoms with Gasteiger partial charge in [0, 0.05) is 12.7 Å². The maximum atomic E-state index is 13.8. The van der Waals surface area contributed by atoms with E-state index in [1.54, 1.807) is 36.4 Å². The maximum Gasteiger partial charge on any atom is 0.430 e. The third kappa shape index (κ3) is 3.67. The molecule has 0 aliphatic rings. The summed E-state index contributed by atoms with van der Waals surface area (Å²) in [6.07, 6.45) is -5.00. The van der Waals surface area contributed by atoms with Crippen molar-refractivity contribution >= 4 is 5.91 Å². The predicted molar refractivity (Wildman–Crippen MR) is 85.6 cm³/mol. The Morgan fingerprint density at radius 2 is 1.60 bits per heavy atom. The molecule has 2 N–H and O–H groups in total. The number of aliphatic hydroxyl groups is 1. The van der Waals surface area contributed by atoms with Crippen LogP contribution in [0.15, 0.2) is 60.7 Å². The van der Waals surface area contributed by atoms with E-state index < -0.39 is 30.3 Å². The van der Waals surface area contributed by atoms with Gasteiger partial charge in [0.1, 0.15) is 0 Å². The van der Waals surface area contributed by atoms with Crippen molar-refractivity contribution in [2.75, 3.05) is 13.7 Å². The van der Waals surface area contributed by atoms with Crippen LogP contribution in [0.3, 0.4) is 0 Å². The van der Waals surface area contributed by atoms with Crippen molar-refractivity contribution in [3.05, 3.63) is 71.8 Å². The summed E-state index contributed by atoms with van der Waals surface area (Å²) >= 11 is 0. The first-order valence-electron chi connectivity index (χ1n) is 7.51. The fourth-order valence-electron chi connectivity index (χ4n) is 2.60. The number of ether oxygens (including phenoxy) is 1. The lowest BCUT2D eigenvalue weighted by Gasteiger charge is -2.34. The van der Waals surface area contributed by atoms with E-state index >= 15 is 0 Å². The fourth-order valence-corrected chi connectivity index (χ4v) is 2.60. The average molecular weight is 353 g/mol. The van der Waals surface area contributed by atoms with Gasteiger partial charge in [-0.05, 0) is 5.56 Å². The van der Waals surface area contributed by atoms with Gasteiger partial charge in [0.05, 0.1) is 12.6 Å². The molecule has 0 saturated heterocycles. The molecule has 0 aromatic heterocycles. The monoisotopic (exact) mass is 353 g/mol. The molecule has 7 heteroatoms. The van der Waals surface area contributed by atoms with Gasteiger partial charge in [0.2, 0.25) is 0 Å². The third-order valence-corrected chi connectivity index (χ3v) is 3.90. The summed E-state index contributed by atoms with van der Waals surface area (Å²) < 4.78 is 46.2. The van der Waals surface area contributed by atoms with Gasteiger partial charge in [-0.1, -0.05) is 60.7 Å². The molecule has 134 valence electrons. The largest absolute Gasteiger partial charge is 0.430 e. The van der Waals surface area contributed by atoms with Gasteiger partial charge in [-0.25, -0.2) is 0 Å². The molecule has 25 heavy (non-hydrogen) atoms. The highest BCUT2D eigenvalue weighted by Crippen LogP contribution is 2.42. The zero-order chi connectivity index (χ0) is 18.5. The molecule has 0 heterocycles. The number of methoxy groups -OCH3 is 1. The lowest BCUT2D eigenvalue weighted by Crippen LogP contribution is -2.56. The zero-order valence-corrected chi connectivity index (χ0v) is 13.5. The first-order chi connectivity index (χ1) is 11.9. The van der Waals surface area contributed by atoms with Crippen molar-refractivity contribution < 1.29 is 27.8 Å². The van der Waals surface area contributed by atoms with Gasteiger partial charge >= 0.3 is 6.18 Å². The SMILES string of the molecule is COC(C(=O)NC(CO)c1ccccc1)(c1ccccc1)C(F)(F)F. The molecule has 0 fully saturated rings. The van der Waals surface area contributed by atoms with E-state index in [1.165, 1.54) is 24.3 Å². The molecule has 2 atom stereocenters. The zero-order valence-electron chi connectivity index (χ0n) is 13.5. The second kappa shape index (κ2) is 7.67. The summed E-state index contributed by atoms with van der Waals surface area (Å²) in [5.41, 5.74) is -3.03. The molecule has 0 saturated carbocycles. The van der Waals surface area contributed by atoms with Crippen LogP contribution in [0.1, 0.15) is 17.2 Å². The molecular weight excluding hydrogens is 335 g/mol. The molecule has 0 aliphatic carbocycles. The van der Waals surface area contributed by atoms with Crippen LogP contribution in [-0.2, 0) is 15.1 Å². The highest BCUT2D eigenvalue weighted by Gasteiger charge is 2.62. The Kier molecular flexibility index (Phi) is 5.81. The molecular formula is C18H18F3NO3. The first kappa shape index (κ1) is 19.0. The normalized spacial score (nSPS) is 15.2. The minimum absolute atomic E-state index is 0.341. The Morgan fingerprint density at radius 1 is 1.08 bits per heavy atom. The number of carbonyl (C=O) groups excluding carboxylic acids is 1. The molecule has 0 spiro atoms. The van der Waals surface area contributed by atoms with Crippen LogP contribution in [0.5, 0.6) is 0 Å². The van der Waals surface area contributed by atoms with Crippen LogP contribution in [0.4, 0.5) is 13.2 Å². The summed E-state index contributed by atoms with van der Waals surface area (Å²) in [7, 11) is 0.830. The topological polar surface area (TPSA) is 58.6 Å². The van der Waals surface area contributed by atoms with E-state index in [2.05, 4.69) is 5.32 Å². The number of rotatable bonds is 6. The van der Waals surface area contributed by atoms with Gasteiger partial charge in [-0.3, -0.25) is 4.79 Å². The Labute approximate surface area is 143 Å². The summed E-state index contributed by atoms with van der Waals surface area (Å²) in [4.78, 5) is 12.6. The van der Waals surface area contributed by atoms with Crippen LogP contribution < -0.4 is 5.32 Å². The van der Waals surface area contributed by atoms with Crippen molar-refractivity contribution in [2.45, 2.75) is 17.8 Å². The van der Waals surface area contributed by atoms with Crippen LogP contribution in [0.25, 0.3) is 0 Å². The summed E-state index contributed by atoms with van der Waals surface area (Å²) in [6, 6.07) is 13.9. The van der Waals surface area contributed by atoms with Crippen molar-refractivity contribution in [2.24, 2.45) is 0 Å². The first-order valence-corrected chi connectivity index (χ1v) is 7.51. The Bertz CT molecular complexity index is 692. The number of hydrogen-bond acceptors (Lipinski definition) is 3. The second-order valence-electron chi connectivity index (χ2n) is 5.37. The number of halogens is 3. The molecule has 2 rings (SSSR count). The van der Waals surface area contributed by atoms with Crippen molar-refractivity contribution in [1.29, 1.82) is 0 Å². The molecule has 2 aromatic rings. The third-order valence-electron chi connectivity index (χ3n) is 3.90. The van der Waals surface area contributed by atoms with E-state index in [4.69, 9.17) is 4.74 Å². The molecule has 4 nitrogen and oxygen atoms in total. The Morgan fingerprint density at radius 3 is 2.04 bits per heavy atom. The van der Waals surface area contributed by atoms with E-state index in [1.807, 2.05) is 0 Å². The molecule has 2 aromatic carbocycles. The van der Waals surface area contributed by atoms with Crippen molar-refractivity contribution in [3.8, 4) is 0 Å². The smallest absolute Gasteiger partial charge is 0.394 e. The van der Waals surface area contributed by atoms with Gasteiger partial charge in [0.15, 0.2) is 0 Å². The van der Waals surface area contributed by atoms with E-state index in [0.29, 0.717) is 5.56 Å². The van der Waals surface area contributed by atoms with Crippen LogP contribution >= 0.6 is 0 Å². The summed E-state index contributed by atoms with van der Waals surface area (Å²) in [5, 5.41) is 11.7. The summed E-state index contributed by atoms with van der Waals surface area (Å²) in [6.45, 7) is -0.553. The minimum atomic E-state index is -5.00. The van der Waals surface area contributed by atoms with Crippen LogP contribution in [0, 0.1) is 0 Å². The Balaban J connectivity index is 2.43. The lowest BCUT2D eigenvalue weighted by molar-refractivity contribution is -0.266. The second-order valence-corrected chi connectivity index (χ2v) is 5.37. The van der Waals surface area contributed by atoms with Crippen molar-refractivity contribution in [1.82, 2.24) is 5.32 Å². The van der Waals surface area contributed by atoms with Gasteiger partial charge < -0.3 is 15.2 Å². The Hall–Kier alpha value is -2.38. The fraction of sp³-hybridized carbons (Fsp3) is 0.278. The van der Waals surface area contributed by atoms with Crippen molar-refractivity contribution in [3.63, 3.8) is 0 Å². The molecule has 0 aliphatic heterocycles. The quantitative estimate of drug-likeness (QED) is 0.840. The number of benzene rings is 2.